The molecule has 2 aliphatic heterocycles. The number of hydrogen-bond acceptors (Lipinski definition) is 2. The van der Waals surface area contributed by atoms with Gasteiger partial charge in [0.25, 0.3) is 0 Å². The maximum absolute atomic E-state index is 12.6. The minimum atomic E-state index is 0.234. The second-order valence-electron chi connectivity index (χ2n) is 9.91. The molecule has 140 valence electrons. The largest absolute Gasteiger partial charge is 0.378 e. The number of rotatable bonds is 4. The Hall–Kier alpha value is -0.570. The monoisotopic (exact) mass is 337 g/mol. The van der Waals surface area contributed by atoms with E-state index in [-0.39, 0.29) is 5.41 Å². The Labute approximate surface area is 149 Å². The van der Waals surface area contributed by atoms with Crippen LogP contribution in [0.1, 0.15) is 80.1 Å². The molecular formula is C21H39NO2. The highest BCUT2D eigenvalue weighted by molar-refractivity contribution is 5.76. The lowest BCUT2D eigenvalue weighted by atomic mass is 9.70. The smallest absolute Gasteiger partial charge is 0.222 e. The van der Waals surface area contributed by atoms with Crippen LogP contribution in [0.3, 0.4) is 0 Å². The van der Waals surface area contributed by atoms with Gasteiger partial charge in [-0.15, -0.1) is 0 Å². The number of ether oxygens (including phenoxy) is 1. The van der Waals surface area contributed by atoms with E-state index in [9.17, 15) is 4.79 Å². The molecule has 2 aliphatic rings. The molecule has 0 N–H and O–H groups in total. The number of amides is 1. The fourth-order valence-corrected chi connectivity index (χ4v) is 4.49. The fraction of sp³-hybridized carbons (Fsp3) is 0.952. The Morgan fingerprint density at radius 3 is 2.21 bits per heavy atom. The molecule has 3 nitrogen and oxygen atoms in total. The minimum Gasteiger partial charge on any atom is -0.378 e. The van der Waals surface area contributed by atoms with Gasteiger partial charge in [0.2, 0.25) is 5.91 Å². The molecule has 0 aliphatic carbocycles. The summed E-state index contributed by atoms with van der Waals surface area (Å²) in [5.41, 5.74) is 0.605. The van der Waals surface area contributed by atoms with Crippen LogP contribution in [0.5, 0.6) is 0 Å². The molecule has 0 spiro atoms. The molecule has 2 fully saturated rings. The van der Waals surface area contributed by atoms with E-state index in [1.54, 1.807) is 0 Å². The van der Waals surface area contributed by atoms with E-state index in [1.807, 2.05) is 0 Å². The number of carbonyl (C=O) groups excluding carboxylic acids is 1. The maximum Gasteiger partial charge on any atom is 0.222 e. The lowest BCUT2D eigenvalue weighted by molar-refractivity contribution is -0.134. The predicted octanol–water partition coefficient (Wildman–Crippen LogP) is 4.89. The van der Waals surface area contributed by atoms with Crippen molar-refractivity contribution >= 4 is 5.91 Å². The zero-order chi connectivity index (χ0) is 18.0. The van der Waals surface area contributed by atoms with E-state index in [2.05, 4.69) is 46.4 Å². The first-order chi connectivity index (χ1) is 11.1. The van der Waals surface area contributed by atoms with Crippen molar-refractivity contribution in [3.63, 3.8) is 0 Å². The van der Waals surface area contributed by atoms with Crippen molar-refractivity contribution in [2.24, 2.45) is 22.7 Å². The highest BCUT2D eigenvalue weighted by Gasteiger charge is 2.35. The SMILES string of the molecule is CC1CC(C(C)(C)CCC(=O)N2CCC(C(C)(C)C)CC2)CCO1. The highest BCUT2D eigenvalue weighted by atomic mass is 16.5. The zero-order valence-electron chi connectivity index (χ0n) is 16.9. The second kappa shape index (κ2) is 7.76. The van der Waals surface area contributed by atoms with Crippen molar-refractivity contribution < 1.29 is 9.53 Å². The van der Waals surface area contributed by atoms with Gasteiger partial charge in [-0.1, -0.05) is 34.6 Å². The van der Waals surface area contributed by atoms with Crippen molar-refractivity contribution in [3.05, 3.63) is 0 Å². The first kappa shape index (κ1) is 19.8. The predicted molar refractivity (Wildman–Crippen MR) is 99.9 cm³/mol. The van der Waals surface area contributed by atoms with Crippen molar-refractivity contribution in [1.82, 2.24) is 4.90 Å². The summed E-state index contributed by atoms with van der Waals surface area (Å²) in [6.45, 7) is 16.6. The molecular weight excluding hydrogens is 298 g/mol. The van der Waals surface area contributed by atoms with Crippen LogP contribution < -0.4 is 0 Å². The van der Waals surface area contributed by atoms with E-state index < -0.39 is 0 Å². The van der Waals surface area contributed by atoms with E-state index in [0.29, 0.717) is 29.8 Å². The quantitative estimate of drug-likeness (QED) is 0.731. The summed E-state index contributed by atoms with van der Waals surface area (Å²) < 4.78 is 5.69. The van der Waals surface area contributed by atoms with E-state index in [1.165, 1.54) is 0 Å². The van der Waals surface area contributed by atoms with Gasteiger partial charge in [-0.2, -0.15) is 0 Å². The Balaban J connectivity index is 1.78. The lowest BCUT2D eigenvalue weighted by Crippen LogP contribution is -2.42. The third-order valence-electron chi connectivity index (χ3n) is 6.65. The Morgan fingerprint density at radius 2 is 1.67 bits per heavy atom. The second-order valence-corrected chi connectivity index (χ2v) is 9.91. The van der Waals surface area contributed by atoms with Crippen LogP contribution in [0.2, 0.25) is 0 Å². The highest BCUT2D eigenvalue weighted by Crippen LogP contribution is 2.40. The standard InChI is InChI=1S/C21H39NO2/c1-16-15-18(10-14-24-16)21(5,6)11-7-19(23)22-12-8-17(9-13-22)20(2,3)4/h16-18H,7-15H2,1-6H3. The van der Waals surface area contributed by atoms with Gasteiger partial charge in [0.15, 0.2) is 0 Å². The van der Waals surface area contributed by atoms with E-state index in [0.717, 1.165) is 57.7 Å². The zero-order valence-corrected chi connectivity index (χ0v) is 16.9. The molecule has 0 aromatic heterocycles. The van der Waals surface area contributed by atoms with Crippen LogP contribution in [0, 0.1) is 22.7 Å². The summed E-state index contributed by atoms with van der Waals surface area (Å²) in [4.78, 5) is 14.8. The molecule has 0 bridgehead atoms. The molecule has 0 aromatic carbocycles. The molecule has 2 rings (SSSR count). The van der Waals surface area contributed by atoms with E-state index in [4.69, 9.17) is 4.74 Å². The van der Waals surface area contributed by atoms with Crippen LogP contribution in [-0.2, 0) is 9.53 Å². The van der Waals surface area contributed by atoms with Gasteiger partial charge in [-0.25, -0.2) is 0 Å². The molecule has 2 unspecified atom stereocenters. The number of likely N-dealkylation sites (tertiary alicyclic amines) is 1. The van der Waals surface area contributed by atoms with Crippen LogP contribution in [0.15, 0.2) is 0 Å². The van der Waals surface area contributed by atoms with Crippen molar-refractivity contribution in [2.45, 2.75) is 86.2 Å². The summed E-state index contributed by atoms with van der Waals surface area (Å²) in [5.74, 6) is 1.80. The van der Waals surface area contributed by atoms with Crippen molar-refractivity contribution in [2.75, 3.05) is 19.7 Å². The molecule has 0 saturated carbocycles. The summed E-state index contributed by atoms with van der Waals surface area (Å²) >= 11 is 0. The Bertz CT molecular complexity index is 416. The molecule has 2 saturated heterocycles. The average molecular weight is 338 g/mol. The summed E-state index contributed by atoms with van der Waals surface area (Å²) in [6, 6.07) is 0. The fourth-order valence-electron chi connectivity index (χ4n) is 4.49. The van der Waals surface area contributed by atoms with Gasteiger partial charge in [0.05, 0.1) is 6.10 Å². The molecule has 2 atom stereocenters. The number of piperidine rings is 1. The normalized spacial score (nSPS) is 27.3. The van der Waals surface area contributed by atoms with Gasteiger partial charge in [0, 0.05) is 26.1 Å². The third-order valence-corrected chi connectivity index (χ3v) is 6.65. The van der Waals surface area contributed by atoms with Gasteiger partial charge >= 0.3 is 0 Å². The topological polar surface area (TPSA) is 29.5 Å². The third kappa shape index (κ3) is 5.21. The van der Waals surface area contributed by atoms with Crippen LogP contribution in [-0.4, -0.2) is 36.6 Å². The average Bonchev–Trinajstić information content (AvgIpc) is 2.52. The molecule has 1 amide bonds. The maximum atomic E-state index is 12.6. The van der Waals surface area contributed by atoms with Crippen LogP contribution >= 0.6 is 0 Å². The van der Waals surface area contributed by atoms with Gasteiger partial charge in [-0.3, -0.25) is 4.79 Å². The van der Waals surface area contributed by atoms with Crippen molar-refractivity contribution in [3.8, 4) is 0 Å². The van der Waals surface area contributed by atoms with E-state index >= 15 is 0 Å². The summed E-state index contributed by atoms with van der Waals surface area (Å²) in [5, 5.41) is 0. The number of nitrogens with zero attached hydrogens (tertiary/aromatic N) is 1. The number of carbonyl (C=O) groups is 1. The summed E-state index contributed by atoms with van der Waals surface area (Å²) in [7, 11) is 0. The molecule has 0 radical (unpaired) electrons. The van der Waals surface area contributed by atoms with Gasteiger partial charge in [-0.05, 0) is 61.7 Å². The van der Waals surface area contributed by atoms with Crippen LogP contribution in [0.4, 0.5) is 0 Å². The number of hydrogen-bond donors (Lipinski definition) is 0. The molecule has 0 aromatic rings. The Kier molecular flexibility index (Phi) is 6.39. The Morgan fingerprint density at radius 1 is 1.04 bits per heavy atom. The van der Waals surface area contributed by atoms with Gasteiger partial charge in [0.1, 0.15) is 0 Å². The molecule has 2 heterocycles. The first-order valence-corrected chi connectivity index (χ1v) is 9.99. The molecule has 24 heavy (non-hydrogen) atoms. The van der Waals surface area contributed by atoms with Crippen LogP contribution in [0.25, 0.3) is 0 Å². The minimum absolute atomic E-state index is 0.234. The van der Waals surface area contributed by atoms with Crippen molar-refractivity contribution in [1.29, 1.82) is 0 Å². The first-order valence-electron chi connectivity index (χ1n) is 9.99. The summed E-state index contributed by atoms with van der Waals surface area (Å²) in [6.07, 6.45) is 6.68. The molecule has 3 heteroatoms. The van der Waals surface area contributed by atoms with Gasteiger partial charge < -0.3 is 9.64 Å². The lowest BCUT2D eigenvalue weighted by Gasteiger charge is -2.41.